The molecule has 88 valence electrons. The van der Waals surface area contributed by atoms with Gasteiger partial charge in [-0.05, 0) is 20.3 Å². The molecule has 0 aromatic rings. The second kappa shape index (κ2) is 4.65. The lowest BCUT2D eigenvalue weighted by Crippen LogP contribution is -2.60. The standard InChI is InChI=1S/C9H14F3NO2/c1-6(2)4-5-13-8(3,7(14)15)9(10,11)12/h13H,1,4-5H2,2-3H3,(H,14,15). The summed E-state index contributed by atoms with van der Waals surface area (Å²) in [5.74, 6) is -1.93. The Hall–Kier alpha value is -1.04. The molecule has 1 atom stereocenters. The van der Waals surface area contributed by atoms with E-state index in [4.69, 9.17) is 5.11 Å². The largest absolute Gasteiger partial charge is 0.480 e. The highest BCUT2D eigenvalue weighted by Gasteiger charge is 2.56. The topological polar surface area (TPSA) is 49.3 Å². The van der Waals surface area contributed by atoms with Crippen molar-refractivity contribution in [3.8, 4) is 0 Å². The van der Waals surface area contributed by atoms with Crippen LogP contribution >= 0.6 is 0 Å². The molecule has 0 radical (unpaired) electrons. The van der Waals surface area contributed by atoms with E-state index in [1.807, 2.05) is 5.32 Å². The molecule has 1 unspecified atom stereocenters. The fraction of sp³-hybridized carbons (Fsp3) is 0.667. The molecule has 0 heterocycles. The van der Waals surface area contributed by atoms with E-state index in [0.717, 1.165) is 0 Å². The summed E-state index contributed by atoms with van der Waals surface area (Å²) < 4.78 is 37.2. The lowest BCUT2D eigenvalue weighted by Gasteiger charge is -2.28. The van der Waals surface area contributed by atoms with E-state index < -0.39 is 17.7 Å². The molecule has 0 aromatic carbocycles. The van der Waals surface area contributed by atoms with Gasteiger partial charge in [-0.1, -0.05) is 5.57 Å². The molecular formula is C9H14F3NO2. The number of nitrogens with one attached hydrogen (secondary N) is 1. The predicted octanol–water partition coefficient (Wildman–Crippen LogP) is 1.95. The van der Waals surface area contributed by atoms with Crippen molar-refractivity contribution in [2.45, 2.75) is 32.0 Å². The second-order valence-electron chi connectivity index (χ2n) is 3.56. The SMILES string of the molecule is C=C(C)CCNC(C)(C(=O)O)C(F)(F)F. The van der Waals surface area contributed by atoms with Crippen molar-refractivity contribution < 1.29 is 23.1 Å². The first-order valence-corrected chi connectivity index (χ1v) is 4.31. The van der Waals surface area contributed by atoms with E-state index >= 15 is 0 Å². The molecule has 0 amide bonds. The quantitative estimate of drug-likeness (QED) is 0.703. The van der Waals surface area contributed by atoms with Crippen molar-refractivity contribution >= 4 is 5.97 Å². The lowest BCUT2D eigenvalue weighted by molar-refractivity contribution is -0.205. The number of carboxylic acid groups (broad SMARTS) is 1. The molecule has 0 aromatic heterocycles. The number of alkyl halides is 3. The van der Waals surface area contributed by atoms with Crippen molar-refractivity contribution in [2.24, 2.45) is 0 Å². The molecule has 2 N–H and O–H groups in total. The fourth-order valence-corrected chi connectivity index (χ4v) is 0.823. The number of aliphatic carboxylic acids is 1. The Kier molecular flexibility index (Phi) is 4.33. The first-order chi connectivity index (χ1) is 6.61. The number of hydrogen-bond acceptors (Lipinski definition) is 2. The van der Waals surface area contributed by atoms with Gasteiger partial charge < -0.3 is 5.11 Å². The van der Waals surface area contributed by atoms with Gasteiger partial charge in [0.25, 0.3) is 0 Å². The van der Waals surface area contributed by atoms with Gasteiger partial charge in [0.2, 0.25) is 5.54 Å². The number of rotatable bonds is 5. The van der Waals surface area contributed by atoms with Gasteiger partial charge in [0.05, 0.1) is 0 Å². The average molecular weight is 225 g/mol. The molecule has 0 aliphatic rings. The molecule has 15 heavy (non-hydrogen) atoms. The minimum Gasteiger partial charge on any atom is -0.480 e. The number of halogens is 3. The third-order valence-corrected chi connectivity index (χ3v) is 2.03. The lowest BCUT2D eigenvalue weighted by atomic mass is 10.0. The van der Waals surface area contributed by atoms with Gasteiger partial charge in [0.1, 0.15) is 0 Å². The van der Waals surface area contributed by atoms with Crippen LogP contribution in [0.25, 0.3) is 0 Å². The summed E-state index contributed by atoms with van der Waals surface area (Å²) in [5, 5.41) is 10.5. The first kappa shape index (κ1) is 14.0. The monoisotopic (exact) mass is 225 g/mol. The van der Waals surface area contributed by atoms with Crippen LogP contribution in [-0.2, 0) is 4.79 Å². The maximum atomic E-state index is 12.4. The summed E-state index contributed by atoms with van der Waals surface area (Å²) in [6.07, 6.45) is -4.52. The highest BCUT2D eigenvalue weighted by atomic mass is 19.4. The molecule has 0 spiro atoms. The zero-order valence-corrected chi connectivity index (χ0v) is 8.61. The third kappa shape index (κ3) is 3.54. The van der Waals surface area contributed by atoms with E-state index in [2.05, 4.69) is 6.58 Å². The van der Waals surface area contributed by atoms with Gasteiger partial charge in [-0.25, -0.2) is 4.79 Å². The molecule has 0 rings (SSSR count). The third-order valence-electron chi connectivity index (χ3n) is 2.03. The first-order valence-electron chi connectivity index (χ1n) is 4.31. The molecule has 6 heteroatoms. The van der Waals surface area contributed by atoms with E-state index in [9.17, 15) is 18.0 Å². The molecule has 0 saturated heterocycles. The molecular weight excluding hydrogens is 211 g/mol. The summed E-state index contributed by atoms with van der Waals surface area (Å²) in [5.41, 5.74) is -2.21. The Bertz CT molecular complexity index is 263. The molecule has 0 bridgehead atoms. The van der Waals surface area contributed by atoms with Crippen LogP contribution in [0.15, 0.2) is 12.2 Å². The molecule has 3 nitrogen and oxygen atoms in total. The van der Waals surface area contributed by atoms with Crippen LogP contribution in [0.1, 0.15) is 20.3 Å². The summed E-state index contributed by atoms with van der Waals surface area (Å²) in [6.45, 7) is 5.71. The minimum absolute atomic E-state index is 0.0718. The van der Waals surface area contributed by atoms with Crippen molar-refractivity contribution in [3.63, 3.8) is 0 Å². The van der Waals surface area contributed by atoms with Gasteiger partial charge in [-0.2, -0.15) is 13.2 Å². The molecule has 0 saturated carbocycles. The summed E-state index contributed by atoms with van der Waals surface area (Å²) in [6, 6.07) is 0. The van der Waals surface area contributed by atoms with Crippen LogP contribution in [0.4, 0.5) is 13.2 Å². The zero-order valence-electron chi connectivity index (χ0n) is 8.61. The Morgan fingerprint density at radius 3 is 2.20 bits per heavy atom. The minimum atomic E-state index is -4.83. The van der Waals surface area contributed by atoms with E-state index in [1.54, 1.807) is 6.92 Å². The van der Waals surface area contributed by atoms with Crippen LogP contribution in [0.3, 0.4) is 0 Å². The number of carbonyl (C=O) groups is 1. The van der Waals surface area contributed by atoms with Crippen molar-refractivity contribution in [1.29, 1.82) is 0 Å². The normalized spacial score (nSPS) is 15.8. The summed E-state index contributed by atoms with van der Waals surface area (Å²) in [7, 11) is 0. The Labute approximate surface area is 86.0 Å². The van der Waals surface area contributed by atoms with Crippen molar-refractivity contribution in [1.82, 2.24) is 5.32 Å². The van der Waals surface area contributed by atoms with Crippen LogP contribution < -0.4 is 5.32 Å². The number of hydrogen-bond donors (Lipinski definition) is 2. The Morgan fingerprint density at radius 1 is 1.47 bits per heavy atom. The van der Waals surface area contributed by atoms with Gasteiger partial charge in [0, 0.05) is 6.54 Å². The maximum Gasteiger partial charge on any atom is 0.417 e. The van der Waals surface area contributed by atoms with Gasteiger partial charge in [-0.15, -0.1) is 6.58 Å². The van der Waals surface area contributed by atoms with E-state index in [0.29, 0.717) is 18.9 Å². The van der Waals surface area contributed by atoms with Crippen LogP contribution in [0.2, 0.25) is 0 Å². The molecule has 0 aliphatic carbocycles. The molecule has 0 aliphatic heterocycles. The predicted molar refractivity (Wildman–Crippen MR) is 49.5 cm³/mol. The molecule has 0 fully saturated rings. The summed E-state index contributed by atoms with van der Waals surface area (Å²) in [4.78, 5) is 10.5. The second-order valence-corrected chi connectivity index (χ2v) is 3.56. The highest BCUT2D eigenvalue weighted by molar-refractivity contribution is 5.79. The van der Waals surface area contributed by atoms with Crippen LogP contribution in [0.5, 0.6) is 0 Å². The maximum absolute atomic E-state index is 12.4. The van der Waals surface area contributed by atoms with Crippen LogP contribution in [0, 0.1) is 0 Å². The Balaban J connectivity index is 4.55. The summed E-state index contributed by atoms with van der Waals surface area (Å²) >= 11 is 0. The van der Waals surface area contributed by atoms with Gasteiger partial charge >= 0.3 is 12.1 Å². The average Bonchev–Trinajstić information content (AvgIpc) is 2.00. The number of carboxylic acids is 1. The fourth-order valence-electron chi connectivity index (χ4n) is 0.823. The smallest absolute Gasteiger partial charge is 0.417 e. The van der Waals surface area contributed by atoms with E-state index in [-0.39, 0.29) is 6.54 Å². The van der Waals surface area contributed by atoms with Gasteiger partial charge in [0.15, 0.2) is 0 Å². The van der Waals surface area contributed by atoms with Crippen molar-refractivity contribution in [2.75, 3.05) is 6.54 Å². The Morgan fingerprint density at radius 2 is 1.93 bits per heavy atom. The van der Waals surface area contributed by atoms with Gasteiger partial charge in [-0.3, -0.25) is 5.32 Å². The van der Waals surface area contributed by atoms with E-state index in [1.165, 1.54) is 0 Å². The van der Waals surface area contributed by atoms with Crippen molar-refractivity contribution in [3.05, 3.63) is 12.2 Å². The highest BCUT2D eigenvalue weighted by Crippen LogP contribution is 2.30. The zero-order chi connectivity index (χ0) is 12.3. The van der Waals surface area contributed by atoms with Crippen LogP contribution in [-0.4, -0.2) is 29.3 Å².